The van der Waals surface area contributed by atoms with Gasteiger partial charge < -0.3 is 0 Å². The third kappa shape index (κ3) is 4.27. The van der Waals surface area contributed by atoms with Crippen LogP contribution in [0.15, 0.2) is 0 Å². The molecular formula is C2HCl4FO4S. The summed E-state index contributed by atoms with van der Waals surface area (Å²) in [4.78, 5) is -1.59. The van der Waals surface area contributed by atoms with Crippen molar-refractivity contribution in [1.82, 2.24) is 0 Å². The molecule has 0 aromatic heterocycles. The molecule has 0 saturated heterocycles. The number of rotatable bonds is 4. The van der Waals surface area contributed by atoms with Crippen LogP contribution < -0.4 is 0 Å². The molecule has 0 radical (unpaired) electrons. The third-order valence-corrected chi connectivity index (χ3v) is 3.00. The fourth-order valence-electron chi connectivity index (χ4n) is 0.185. The lowest BCUT2D eigenvalue weighted by Gasteiger charge is -2.17. The summed E-state index contributed by atoms with van der Waals surface area (Å²) in [7, 11) is -4.92. The van der Waals surface area contributed by atoms with Crippen LogP contribution in [0.2, 0.25) is 0 Å². The second-order valence-corrected chi connectivity index (χ2v) is 4.94. The highest BCUT2D eigenvalue weighted by atomic mass is 35.5. The van der Waals surface area contributed by atoms with Crippen LogP contribution in [-0.2, 0) is 19.0 Å². The summed E-state index contributed by atoms with van der Waals surface area (Å²) >= 11 is 20.3. The Morgan fingerprint density at radius 3 is 2.00 bits per heavy atom. The minimum absolute atomic E-state index is 1.59. The first-order valence-electron chi connectivity index (χ1n) is 2.13. The molecular weight excluding hydrogens is 281 g/mol. The summed E-state index contributed by atoms with van der Waals surface area (Å²) in [5, 5.41) is 0. The van der Waals surface area contributed by atoms with Gasteiger partial charge in [-0.2, -0.15) is 8.42 Å². The second kappa shape index (κ2) is 4.45. The summed E-state index contributed by atoms with van der Waals surface area (Å²) in [6.45, 7) is 0. The Morgan fingerprint density at radius 2 is 1.75 bits per heavy atom. The van der Waals surface area contributed by atoms with Crippen LogP contribution in [0.4, 0.5) is 4.53 Å². The molecule has 0 saturated carbocycles. The Kier molecular flexibility index (Phi) is 4.81. The second-order valence-electron chi connectivity index (χ2n) is 1.42. The van der Waals surface area contributed by atoms with Gasteiger partial charge in [-0.15, -0.1) is 0 Å². The molecule has 0 unspecified atom stereocenters. The zero-order chi connectivity index (χ0) is 9.99. The van der Waals surface area contributed by atoms with Crippen molar-refractivity contribution in [2.75, 3.05) is 0 Å². The predicted molar refractivity (Wildman–Crippen MR) is 42.1 cm³/mol. The first-order chi connectivity index (χ1) is 5.21. The molecule has 10 heteroatoms. The van der Waals surface area contributed by atoms with Gasteiger partial charge in [0.1, 0.15) is 0 Å². The van der Waals surface area contributed by atoms with Crippen LogP contribution in [0.5, 0.6) is 0 Å². The topological polar surface area (TPSA) is 52.6 Å². The fraction of sp³-hybridized carbons (Fsp3) is 1.00. The van der Waals surface area contributed by atoms with Gasteiger partial charge in [0.2, 0.25) is 0 Å². The molecule has 0 atom stereocenters. The smallest absolute Gasteiger partial charge is 0.204 e. The van der Waals surface area contributed by atoms with Gasteiger partial charge in [-0.05, 0) is 8.91 Å². The molecule has 0 aromatic rings. The van der Waals surface area contributed by atoms with E-state index < -0.39 is 19.8 Å². The molecule has 4 nitrogen and oxygen atoms in total. The van der Waals surface area contributed by atoms with Crippen molar-refractivity contribution in [2.45, 2.75) is 9.36 Å². The van der Waals surface area contributed by atoms with Crippen LogP contribution >= 0.6 is 46.4 Å². The quantitative estimate of drug-likeness (QED) is 0.741. The molecule has 0 bridgehead atoms. The first kappa shape index (κ1) is 13.0. The zero-order valence-corrected chi connectivity index (χ0v) is 8.85. The minimum atomic E-state index is -4.92. The highest BCUT2D eigenvalue weighted by molar-refractivity contribution is 7.81. The maximum Gasteiger partial charge on any atom is 0.433 e. The molecule has 74 valence electrons. The molecule has 0 heterocycles. The molecule has 0 spiro atoms. The largest absolute Gasteiger partial charge is 0.433 e. The fourth-order valence-corrected chi connectivity index (χ4v) is 1.24. The number of alkyl halides is 4. The molecule has 0 aliphatic rings. The van der Waals surface area contributed by atoms with Crippen LogP contribution in [0.1, 0.15) is 0 Å². The maximum absolute atomic E-state index is 11.1. The molecule has 0 aromatic carbocycles. The minimum Gasteiger partial charge on any atom is -0.204 e. The average Bonchev–Trinajstić information content (AvgIpc) is 1.85. The van der Waals surface area contributed by atoms with Gasteiger partial charge in [0.25, 0.3) is 4.52 Å². The van der Waals surface area contributed by atoms with Crippen molar-refractivity contribution in [3.05, 3.63) is 0 Å². The average molecular weight is 282 g/mol. The van der Waals surface area contributed by atoms with Gasteiger partial charge in [-0.1, -0.05) is 46.4 Å². The molecule has 0 fully saturated rings. The summed E-state index contributed by atoms with van der Waals surface area (Å²) in [5.74, 6) is 0. The highest BCUT2D eigenvalue weighted by Crippen LogP contribution is 2.35. The Bertz CT molecular complexity index is 237. The van der Waals surface area contributed by atoms with Crippen molar-refractivity contribution in [2.24, 2.45) is 0 Å². The van der Waals surface area contributed by atoms with Crippen molar-refractivity contribution in [1.29, 1.82) is 0 Å². The van der Waals surface area contributed by atoms with Crippen molar-refractivity contribution >= 4 is 56.8 Å². The highest BCUT2D eigenvalue weighted by Gasteiger charge is 2.39. The SMILES string of the molecule is O=S(=O)(OF)OC(Cl)(Cl)C(Cl)Cl. The molecule has 12 heavy (non-hydrogen) atoms. The van der Waals surface area contributed by atoms with E-state index in [1.807, 2.05) is 0 Å². The van der Waals surface area contributed by atoms with E-state index in [0.717, 1.165) is 0 Å². The lowest BCUT2D eigenvalue weighted by molar-refractivity contribution is -0.0219. The summed E-state index contributed by atoms with van der Waals surface area (Å²) in [6, 6.07) is 0. The zero-order valence-electron chi connectivity index (χ0n) is 5.01. The lowest BCUT2D eigenvalue weighted by atomic mass is 10.8. The van der Waals surface area contributed by atoms with Gasteiger partial charge >= 0.3 is 10.4 Å². The third-order valence-electron chi connectivity index (χ3n) is 0.544. The Morgan fingerprint density at radius 1 is 1.33 bits per heavy atom. The monoisotopic (exact) mass is 280 g/mol. The molecule has 0 N–H and O–H groups in total. The molecule has 0 rings (SSSR count). The summed E-state index contributed by atoms with van der Waals surface area (Å²) < 4.78 is 35.1. The standard InChI is InChI=1S/C2HCl4FO4S/c3-1(4)2(5,6)10-12(8,9)11-7/h1H. The van der Waals surface area contributed by atoms with E-state index in [9.17, 15) is 12.9 Å². The number of hydrogen-bond acceptors (Lipinski definition) is 4. The lowest BCUT2D eigenvalue weighted by Crippen LogP contribution is -2.29. The Labute approximate surface area is 87.7 Å². The van der Waals surface area contributed by atoms with Gasteiger partial charge in [-0.25, -0.2) is 4.18 Å². The number of halogens is 5. The molecule has 0 amide bonds. The van der Waals surface area contributed by atoms with Gasteiger partial charge in [0, 0.05) is 0 Å². The van der Waals surface area contributed by atoms with Gasteiger partial charge in [-0.3, -0.25) is 0 Å². The van der Waals surface area contributed by atoms with Gasteiger partial charge in [0.15, 0.2) is 4.84 Å². The van der Waals surface area contributed by atoms with Crippen LogP contribution in [0, 0.1) is 0 Å². The van der Waals surface area contributed by atoms with Crippen LogP contribution in [0.25, 0.3) is 0 Å². The Hall–Kier alpha value is 0.960. The van der Waals surface area contributed by atoms with E-state index in [1.54, 1.807) is 0 Å². The normalized spacial score (nSPS) is 13.8. The van der Waals surface area contributed by atoms with Crippen LogP contribution in [-0.4, -0.2) is 17.8 Å². The van der Waals surface area contributed by atoms with Crippen molar-refractivity contribution in [3.8, 4) is 0 Å². The summed E-state index contributed by atoms with van der Waals surface area (Å²) in [5.41, 5.74) is 0. The van der Waals surface area contributed by atoms with Crippen molar-refractivity contribution in [3.63, 3.8) is 0 Å². The summed E-state index contributed by atoms with van der Waals surface area (Å²) in [6.07, 6.45) is 0. The first-order valence-corrected chi connectivity index (χ1v) is 5.09. The van der Waals surface area contributed by atoms with Gasteiger partial charge in [0.05, 0.1) is 0 Å². The van der Waals surface area contributed by atoms with E-state index in [2.05, 4.69) is 8.57 Å². The van der Waals surface area contributed by atoms with E-state index in [4.69, 9.17) is 46.4 Å². The van der Waals surface area contributed by atoms with Crippen molar-refractivity contribution < 1.29 is 21.5 Å². The van der Waals surface area contributed by atoms with Crippen LogP contribution in [0.3, 0.4) is 0 Å². The van der Waals surface area contributed by atoms with E-state index in [0.29, 0.717) is 0 Å². The molecule has 0 aliphatic carbocycles. The van der Waals surface area contributed by atoms with E-state index >= 15 is 0 Å². The predicted octanol–water partition coefficient (Wildman–Crippen LogP) is 2.08. The number of hydrogen-bond donors (Lipinski definition) is 0. The Balaban J connectivity index is 4.46. The molecule has 0 aliphatic heterocycles. The van der Waals surface area contributed by atoms with E-state index in [-0.39, 0.29) is 0 Å². The van der Waals surface area contributed by atoms with E-state index in [1.165, 1.54) is 0 Å². The maximum atomic E-state index is 11.1.